The average molecular weight is 489 g/mol. The Balaban J connectivity index is 1.51. The van der Waals surface area contributed by atoms with E-state index in [0.717, 1.165) is 17.3 Å². The molecule has 0 aliphatic carbocycles. The molecule has 1 heterocycles. The summed E-state index contributed by atoms with van der Waals surface area (Å²) < 4.78 is 6.68. The molecule has 1 atom stereocenters. The lowest BCUT2D eigenvalue weighted by Gasteiger charge is -2.20. The summed E-state index contributed by atoms with van der Waals surface area (Å²) in [7, 11) is 1.55. The number of thioether (sulfide) groups is 1. The summed E-state index contributed by atoms with van der Waals surface area (Å²) in [4.78, 5) is 42.7. The lowest BCUT2D eigenvalue weighted by Crippen LogP contribution is -2.35. The Morgan fingerprint density at radius 1 is 1.00 bits per heavy atom. The van der Waals surface area contributed by atoms with Gasteiger partial charge in [0, 0.05) is 5.69 Å². The van der Waals surface area contributed by atoms with Gasteiger partial charge in [-0.15, -0.1) is 0 Å². The maximum atomic E-state index is 13.4. The molecule has 35 heavy (non-hydrogen) atoms. The minimum atomic E-state index is -0.651. The van der Waals surface area contributed by atoms with E-state index in [1.54, 1.807) is 54.1 Å². The van der Waals surface area contributed by atoms with E-state index in [1.807, 2.05) is 43.3 Å². The number of hydrogen-bond donors (Lipinski definition) is 2. The van der Waals surface area contributed by atoms with Crippen molar-refractivity contribution in [3.05, 3.63) is 94.8 Å². The summed E-state index contributed by atoms with van der Waals surface area (Å²) in [6.07, 6.45) is 0. The Morgan fingerprint density at radius 2 is 1.69 bits per heavy atom. The molecule has 9 heteroatoms. The van der Waals surface area contributed by atoms with Crippen LogP contribution >= 0.6 is 11.8 Å². The zero-order valence-corrected chi connectivity index (χ0v) is 20.0. The smallest absolute Gasteiger partial charge is 0.325 e. The highest BCUT2D eigenvalue weighted by Crippen LogP contribution is 2.25. The number of carbonyl (C=O) groups excluding carboxylic acids is 2. The second-order valence-corrected chi connectivity index (χ2v) is 8.64. The van der Waals surface area contributed by atoms with E-state index in [0.29, 0.717) is 27.5 Å². The van der Waals surface area contributed by atoms with E-state index >= 15 is 0 Å². The molecule has 8 nitrogen and oxygen atoms in total. The molecule has 0 aliphatic heterocycles. The fourth-order valence-corrected chi connectivity index (χ4v) is 4.45. The highest BCUT2D eigenvalue weighted by atomic mass is 32.2. The van der Waals surface area contributed by atoms with Crippen LogP contribution in [0.5, 0.6) is 5.75 Å². The van der Waals surface area contributed by atoms with Gasteiger partial charge in [-0.2, -0.15) is 0 Å². The van der Waals surface area contributed by atoms with Crippen molar-refractivity contribution in [3.8, 4) is 5.75 Å². The number of nitrogens with zero attached hydrogens (tertiary/aromatic N) is 2. The predicted molar refractivity (Wildman–Crippen MR) is 137 cm³/mol. The lowest BCUT2D eigenvalue weighted by molar-refractivity contribution is -0.117. The molecule has 178 valence electrons. The number of benzene rings is 3. The third kappa shape index (κ3) is 5.70. The molecule has 0 radical (unpaired) electrons. The summed E-state index contributed by atoms with van der Waals surface area (Å²) in [5.41, 5.74) is 1.82. The highest BCUT2D eigenvalue weighted by molar-refractivity contribution is 7.99. The number of rotatable bonds is 7. The van der Waals surface area contributed by atoms with Gasteiger partial charge in [-0.3, -0.25) is 19.5 Å². The second kappa shape index (κ2) is 10.9. The van der Waals surface area contributed by atoms with Crippen molar-refractivity contribution in [3.63, 3.8) is 0 Å². The molecule has 4 aromatic rings. The molecule has 3 aromatic carbocycles. The van der Waals surface area contributed by atoms with Crippen molar-refractivity contribution in [2.24, 2.45) is 0 Å². The number of anilines is 1. The number of amides is 3. The van der Waals surface area contributed by atoms with Gasteiger partial charge in [0.1, 0.15) is 5.75 Å². The number of carbonyl (C=O) groups is 2. The summed E-state index contributed by atoms with van der Waals surface area (Å²) >= 11 is 1.10. The first-order valence-corrected chi connectivity index (χ1v) is 11.9. The highest BCUT2D eigenvalue weighted by Gasteiger charge is 2.19. The van der Waals surface area contributed by atoms with Crippen LogP contribution in [0.25, 0.3) is 10.9 Å². The quantitative estimate of drug-likeness (QED) is 0.294. The standard InChI is InChI=1S/C26H24N4O4S/c1-17(18-8-4-3-5-9-18)30-24(32)21-10-6-7-11-22(21)28-26(30)35-16-23(31)29-25(33)27-19-12-14-20(34-2)15-13-19/h3-15,17H,16H2,1-2H3,(H2,27,29,31,33). The molecule has 0 saturated carbocycles. The second-order valence-electron chi connectivity index (χ2n) is 7.69. The fourth-order valence-electron chi connectivity index (χ4n) is 3.58. The number of urea groups is 1. The Kier molecular flexibility index (Phi) is 7.47. The Labute approximate surface area is 206 Å². The monoisotopic (exact) mass is 488 g/mol. The van der Waals surface area contributed by atoms with Crippen molar-refractivity contribution in [2.75, 3.05) is 18.2 Å². The third-order valence-corrected chi connectivity index (χ3v) is 6.33. The van der Waals surface area contributed by atoms with E-state index in [2.05, 4.69) is 15.6 Å². The molecule has 0 spiro atoms. The Hall–Kier alpha value is -4.11. The summed E-state index contributed by atoms with van der Waals surface area (Å²) in [6.45, 7) is 1.92. The summed E-state index contributed by atoms with van der Waals surface area (Å²) in [5.74, 6) is 0.0481. The molecule has 0 aliphatic rings. The first-order chi connectivity index (χ1) is 17.0. The van der Waals surface area contributed by atoms with Crippen molar-refractivity contribution in [1.29, 1.82) is 0 Å². The summed E-state index contributed by atoms with van der Waals surface area (Å²) in [5, 5.41) is 5.80. The molecule has 1 unspecified atom stereocenters. The number of hydrogen-bond acceptors (Lipinski definition) is 6. The van der Waals surface area contributed by atoms with E-state index in [1.165, 1.54) is 0 Å². The number of methoxy groups -OCH3 is 1. The van der Waals surface area contributed by atoms with Crippen LogP contribution in [0, 0.1) is 0 Å². The van der Waals surface area contributed by atoms with Gasteiger partial charge < -0.3 is 10.1 Å². The predicted octanol–water partition coefficient (Wildman–Crippen LogP) is 4.45. The molecule has 4 rings (SSSR count). The van der Waals surface area contributed by atoms with Gasteiger partial charge in [0.25, 0.3) is 5.56 Å². The fraction of sp³-hybridized carbons (Fsp3) is 0.154. The van der Waals surface area contributed by atoms with Crippen LogP contribution < -0.4 is 20.9 Å². The van der Waals surface area contributed by atoms with E-state index in [-0.39, 0.29) is 17.4 Å². The zero-order valence-electron chi connectivity index (χ0n) is 19.2. The van der Waals surface area contributed by atoms with Crippen LogP contribution in [0.4, 0.5) is 10.5 Å². The van der Waals surface area contributed by atoms with Gasteiger partial charge in [-0.25, -0.2) is 9.78 Å². The van der Waals surface area contributed by atoms with Crippen molar-refractivity contribution >= 4 is 40.3 Å². The van der Waals surface area contributed by atoms with Crippen molar-refractivity contribution < 1.29 is 14.3 Å². The van der Waals surface area contributed by atoms with Gasteiger partial charge in [0.15, 0.2) is 5.16 Å². The molecule has 0 bridgehead atoms. The molecular weight excluding hydrogens is 464 g/mol. The van der Waals surface area contributed by atoms with Gasteiger partial charge in [0.2, 0.25) is 5.91 Å². The van der Waals surface area contributed by atoms with E-state index in [4.69, 9.17) is 4.74 Å². The minimum absolute atomic E-state index is 0.0949. The third-order valence-electron chi connectivity index (χ3n) is 5.38. The molecule has 2 N–H and O–H groups in total. The van der Waals surface area contributed by atoms with E-state index < -0.39 is 11.9 Å². The largest absolute Gasteiger partial charge is 0.497 e. The number of ether oxygens (including phenoxy) is 1. The Bertz CT molecular complexity index is 1400. The van der Waals surface area contributed by atoms with Gasteiger partial charge >= 0.3 is 6.03 Å². The first kappa shape index (κ1) is 24.0. The lowest BCUT2D eigenvalue weighted by atomic mass is 10.1. The van der Waals surface area contributed by atoms with Gasteiger partial charge in [0.05, 0.1) is 29.8 Å². The van der Waals surface area contributed by atoms with Crippen LogP contribution in [-0.2, 0) is 4.79 Å². The van der Waals surface area contributed by atoms with Crippen LogP contribution in [0.15, 0.2) is 88.8 Å². The van der Waals surface area contributed by atoms with Gasteiger partial charge in [-0.05, 0) is 48.9 Å². The SMILES string of the molecule is COc1ccc(NC(=O)NC(=O)CSc2nc3ccccc3c(=O)n2C(C)c2ccccc2)cc1. The van der Waals surface area contributed by atoms with Crippen molar-refractivity contribution in [1.82, 2.24) is 14.9 Å². The normalized spacial score (nSPS) is 11.6. The number of fused-ring (bicyclic) bond motifs is 1. The zero-order chi connectivity index (χ0) is 24.8. The van der Waals surface area contributed by atoms with Crippen LogP contribution in [0.3, 0.4) is 0 Å². The molecule has 0 fully saturated rings. The minimum Gasteiger partial charge on any atom is -0.497 e. The molecule has 0 saturated heterocycles. The number of para-hydroxylation sites is 1. The van der Waals surface area contributed by atoms with E-state index in [9.17, 15) is 14.4 Å². The average Bonchev–Trinajstić information content (AvgIpc) is 2.88. The summed E-state index contributed by atoms with van der Waals surface area (Å²) in [6, 6.07) is 22.5. The van der Waals surface area contributed by atoms with Crippen LogP contribution in [-0.4, -0.2) is 34.4 Å². The molecule has 3 amide bonds. The number of imide groups is 1. The maximum Gasteiger partial charge on any atom is 0.325 e. The maximum absolute atomic E-state index is 13.4. The van der Waals surface area contributed by atoms with Crippen LogP contribution in [0.1, 0.15) is 18.5 Å². The van der Waals surface area contributed by atoms with Gasteiger partial charge in [-0.1, -0.05) is 54.2 Å². The molecule has 1 aromatic heterocycles. The first-order valence-electron chi connectivity index (χ1n) is 10.9. The molecular formula is C26H24N4O4S. The number of nitrogens with one attached hydrogen (secondary N) is 2. The van der Waals surface area contributed by atoms with Crippen molar-refractivity contribution in [2.45, 2.75) is 18.1 Å². The topological polar surface area (TPSA) is 102 Å². The van der Waals surface area contributed by atoms with Crippen LogP contribution in [0.2, 0.25) is 0 Å². The Morgan fingerprint density at radius 3 is 2.40 bits per heavy atom. The number of aromatic nitrogens is 2.